The van der Waals surface area contributed by atoms with Gasteiger partial charge in [-0.1, -0.05) is 25.0 Å². The van der Waals surface area contributed by atoms with Crippen LogP contribution in [-0.2, 0) is 4.79 Å². The van der Waals surface area contributed by atoms with Gasteiger partial charge in [-0.15, -0.1) is 0 Å². The molecule has 1 amide bonds. The third-order valence-electron chi connectivity index (χ3n) is 4.15. The van der Waals surface area contributed by atoms with Gasteiger partial charge in [0.15, 0.2) is 0 Å². The molecule has 1 heterocycles. The van der Waals surface area contributed by atoms with Crippen LogP contribution in [-0.4, -0.2) is 23.9 Å². The molecule has 0 aromatic heterocycles. The molecule has 3 nitrogen and oxygen atoms in total. The second kappa shape index (κ2) is 8.13. The Hall–Kier alpha value is -1.42. The minimum Gasteiger partial charge on any atom is -0.336 e. The summed E-state index contributed by atoms with van der Waals surface area (Å²) in [5.74, 6) is -0.0249. The molecule has 0 bridgehead atoms. The maximum atomic E-state index is 13.4. The van der Waals surface area contributed by atoms with Crippen LogP contribution >= 0.6 is 0 Å². The molecule has 1 aromatic rings. The summed E-state index contributed by atoms with van der Waals surface area (Å²) in [4.78, 5) is 14.3. The maximum absolute atomic E-state index is 13.4. The Balaban J connectivity index is 1.88. The van der Waals surface area contributed by atoms with Crippen molar-refractivity contribution in [3.8, 4) is 0 Å². The molecule has 1 atom stereocenters. The predicted molar refractivity (Wildman–Crippen MR) is 82.2 cm³/mol. The van der Waals surface area contributed by atoms with Gasteiger partial charge in [0.05, 0.1) is 6.04 Å². The van der Waals surface area contributed by atoms with Crippen LogP contribution in [0.25, 0.3) is 0 Å². The number of halogens is 1. The number of unbranched alkanes of at least 4 members (excludes halogenated alkanes) is 3. The van der Waals surface area contributed by atoms with Crippen LogP contribution in [0.5, 0.6) is 0 Å². The van der Waals surface area contributed by atoms with Gasteiger partial charge in [0.25, 0.3) is 0 Å². The number of carbonyl (C=O) groups is 1. The molecule has 0 spiro atoms. The molecule has 2 N–H and O–H groups in total. The van der Waals surface area contributed by atoms with E-state index in [9.17, 15) is 9.18 Å². The van der Waals surface area contributed by atoms with E-state index < -0.39 is 0 Å². The van der Waals surface area contributed by atoms with E-state index in [1.54, 1.807) is 12.1 Å². The van der Waals surface area contributed by atoms with Crippen molar-refractivity contribution >= 4 is 5.91 Å². The van der Waals surface area contributed by atoms with E-state index in [-0.39, 0.29) is 17.8 Å². The molecule has 0 aliphatic carbocycles. The average Bonchev–Trinajstić information content (AvgIpc) is 2.96. The third kappa shape index (κ3) is 4.53. The highest BCUT2D eigenvalue weighted by molar-refractivity contribution is 5.77. The zero-order chi connectivity index (χ0) is 15.1. The number of hydrogen-bond donors (Lipinski definition) is 1. The number of benzene rings is 1. The molecular weight excluding hydrogens is 267 g/mol. The van der Waals surface area contributed by atoms with E-state index >= 15 is 0 Å². The molecule has 2 rings (SSSR count). The number of likely N-dealkylation sites (tertiary alicyclic amines) is 1. The van der Waals surface area contributed by atoms with Gasteiger partial charge >= 0.3 is 0 Å². The molecule has 4 heteroatoms. The maximum Gasteiger partial charge on any atom is 0.223 e. The minimum atomic E-state index is -0.228. The van der Waals surface area contributed by atoms with E-state index in [0.29, 0.717) is 6.42 Å². The van der Waals surface area contributed by atoms with Gasteiger partial charge < -0.3 is 10.6 Å². The van der Waals surface area contributed by atoms with Crippen molar-refractivity contribution in [2.45, 2.75) is 51.0 Å². The third-order valence-corrected chi connectivity index (χ3v) is 4.15. The number of carbonyl (C=O) groups excluding carboxylic acids is 1. The number of rotatable bonds is 7. The highest BCUT2D eigenvalue weighted by atomic mass is 19.1. The lowest BCUT2D eigenvalue weighted by Crippen LogP contribution is -2.30. The summed E-state index contributed by atoms with van der Waals surface area (Å²) in [6.45, 7) is 1.52. The topological polar surface area (TPSA) is 46.3 Å². The van der Waals surface area contributed by atoms with Gasteiger partial charge in [-0.3, -0.25) is 4.79 Å². The molecule has 0 saturated carbocycles. The Bertz CT molecular complexity index is 464. The molecule has 1 aliphatic rings. The predicted octanol–water partition coefficient (Wildman–Crippen LogP) is 3.40. The molecule has 0 radical (unpaired) electrons. The summed E-state index contributed by atoms with van der Waals surface area (Å²) in [7, 11) is 0. The van der Waals surface area contributed by atoms with Crippen LogP contribution < -0.4 is 5.73 Å². The van der Waals surface area contributed by atoms with Crippen LogP contribution in [0.3, 0.4) is 0 Å². The number of amides is 1. The van der Waals surface area contributed by atoms with Crippen molar-refractivity contribution < 1.29 is 9.18 Å². The molecular formula is C17H25FN2O. The van der Waals surface area contributed by atoms with Crippen molar-refractivity contribution in [2.75, 3.05) is 13.1 Å². The molecule has 1 aromatic carbocycles. The Labute approximate surface area is 126 Å². The number of nitrogens with two attached hydrogens (primary N) is 1. The Morgan fingerprint density at radius 3 is 2.86 bits per heavy atom. The lowest BCUT2D eigenvalue weighted by atomic mass is 10.0. The summed E-state index contributed by atoms with van der Waals surface area (Å²) in [5.41, 5.74) is 6.38. The second-order valence-electron chi connectivity index (χ2n) is 5.75. The molecule has 21 heavy (non-hydrogen) atoms. The van der Waals surface area contributed by atoms with E-state index in [4.69, 9.17) is 5.73 Å². The molecule has 1 unspecified atom stereocenters. The number of hydrogen-bond acceptors (Lipinski definition) is 2. The van der Waals surface area contributed by atoms with Crippen LogP contribution in [0.4, 0.5) is 4.39 Å². The first-order valence-corrected chi connectivity index (χ1v) is 7.97. The largest absolute Gasteiger partial charge is 0.336 e. The molecule has 1 fully saturated rings. The van der Waals surface area contributed by atoms with Gasteiger partial charge in [0.1, 0.15) is 5.82 Å². The fraction of sp³-hybridized carbons (Fsp3) is 0.588. The lowest BCUT2D eigenvalue weighted by Gasteiger charge is -2.25. The fourth-order valence-corrected chi connectivity index (χ4v) is 3.04. The highest BCUT2D eigenvalue weighted by Gasteiger charge is 2.29. The van der Waals surface area contributed by atoms with Crippen LogP contribution in [0.1, 0.15) is 56.6 Å². The normalized spacial score (nSPS) is 18.2. The summed E-state index contributed by atoms with van der Waals surface area (Å²) in [6, 6.07) is 6.69. The quantitative estimate of drug-likeness (QED) is 0.783. The summed E-state index contributed by atoms with van der Waals surface area (Å²) in [5, 5.41) is 0. The summed E-state index contributed by atoms with van der Waals surface area (Å²) < 4.78 is 13.4. The van der Waals surface area contributed by atoms with Crippen molar-refractivity contribution in [2.24, 2.45) is 5.73 Å². The van der Waals surface area contributed by atoms with Crippen molar-refractivity contribution in [1.82, 2.24) is 4.90 Å². The van der Waals surface area contributed by atoms with Crippen LogP contribution in [0.15, 0.2) is 24.3 Å². The smallest absolute Gasteiger partial charge is 0.223 e. The van der Waals surface area contributed by atoms with Gasteiger partial charge in [-0.2, -0.15) is 0 Å². The lowest BCUT2D eigenvalue weighted by molar-refractivity contribution is -0.132. The zero-order valence-corrected chi connectivity index (χ0v) is 12.6. The minimum absolute atomic E-state index is 0.0530. The second-order valence-corrected chi connectivity index (χ2v) is 5.75. The van der Waals surface area contributed by atoms with Gasteiger partial charge in [0.2, 0.25) is 5.91 Å². The molecule has 1 saturated heterocycles. The van der Waals surface area contributed by atoms with Crippen LogP contribution in [0, 0.1) is 5.82 Å². The number of nitrogens with zero attached hydrogens (tertiary/aromatic N) is 1. The fourth-order valence-electron chi connectivity index (χ4n) is 3.04. The molecule has 116 valence electrons. The van der Waals surface area contributed by atoms with E-state index in [0.717, 1.165) is 57.2 Å². The highest BCUT2D eigenvalue weighted by Crippen LogP contribution is 2.32. The zero-order valence-electron chi connectivity index (χ0n) is 12.6. The average molecular weight is 292 g/mol. The van der Waals surface area contributed by atoms with E-state index in [2.05, 4.69) is 0 Å². The van der Waals surface area contributed by atoms with Crippen molar-refractivity contribution in [3.63, 3.8) is 0 Å². The SMILES string of the molecule is NCCCCCCC(=O)N1CCCC1c1cccc(F)c1. The van der Waals surface area contributed by atoms with Gasteiger partial charge in [-0.25, -0.2) is 4.39 Å². The Morgan fingerprint density at radius 1 is 1.29 bits per heavy atom. The van der Waals surface area contributed by atoms with Crippen LogP contribution in [0.2, 0.25) is 0 Å². The van der Waals surface area contributed by atoms with E-state index in [1.165, 1.54) is 6.07 Å². The first kappa shape index (κ1) is 16.0. The van der Waals surface area contributed by atoms with Crippen molar-refractivity contribution in [3.05, 3.63) is 35.6 Å². The Morgan fingerprint density at radius 2 is 2.10 bits per heavy atom. The monoisotopic (exact) mass is 292 g/mol. The summed E-state index contributed by atoms with van der Waals surface area (Å²) >= 11 is 0. The first-order valence-electron chi connectivity index (χ1n) is 7.97. The summed E-state index contributed by atoms with van der Waals surface area (Å²) in [6.07, 6.45) is 6.63. The first-order chi connectivity index (χ1) is 10.2. The Kier molecular flexibility index (Phi) is 6.18. The van der Waals surface area contributed by atoms with Gasteiger partial charge in [0, 0.05) is 13.0 Å². The van der Waals surface area contributed by atoms with Gasteiger partial charge in [-0.05, 0) is 49.9 Å². The van der Waals surface area contributed by atoms with Crippen molar-refractivity contribution in [1.29, 1.82) is 0 Å². The standard InChI is InChI=1S/C17H25FN2O/c18-15-8-5-7-14(13-15)16-9-6-12-20(16)17(21)10-3-1-2-4-11-19/h5,7-8,13,16H,1-4,6,9-12,19H2. The molecule has 1 aliphatic heterocycles. The van der Waals surface area contributed by atoms with E-state index in [1.807, 2.05) is 11.0 Å².